The Hall–Kier alpha value is -3.20. The number of nitrogens with zero attached hydrogens (tertiary/aromatic N) is 2. The van der Waals surface area contributed by atoms with Crippen LogP contribution in [-0.2, 0) is 19.2 Å². The van der Waals surface area contributed by atoms with Gasteiger partial charge in [-0.2, -0.15) is 0 Å². The highest BCUT2D eigenvalue weighted by atomic mass is 16.3. The number of benzene rings is 1. The van der Waals surface area contributed by atoms with Crippen molar-refractivity contribution in [2.75, 3.05) is 26.7 Å². The maximum absolute atomic E-state index is 13.3. The molecule has 1 aromatic carbocycles. The molecule has 1 saturated heterocycles. The van der Waals surface area contributed by atoms with Gasteiger partial charge in [0.2, 0.25) is 24.1 Å². The van der Waals surface area contributed by atoms with Crippen molar-refractivity contribution in [3.63, 3.8) is 0 Å². The van der Waals surface area contributed by atoms with Gasteiger partial charge in [0.25, 0.3) is 0 Å². The molecule has 1 aliphatic heterocycles. The number of likely N-dealkylation sites (tertiary alicyclic amines) is 1. The lowest BCUT2D eigenvalue weighted by Gasteiger charge is -2.30. The highest BCUT2D eigenvalue weighted by molar-refractivity contribution is 5.97. The van der Waals surface area contributed by atoms with Gasteiger partial charge >= 0.3 is 0 Å². The molecule has 34 heavy (non-hydrogen) atoms. The highest BCUT2D eigenvalue weighted by Gasteiger charge is 2.36. The van der Waals surface area contributed by atoms with E-state index < -0.39 is 12.1 Å². The van der Waals surface area contributed by atoms with Crippen molar-refractivity contribution in [2.24, 2.45) is 5.92 Å². The molecule has 0 aliphatic carbocycles. The first-order chi connectivity index (χ1) is 16.2. The van der Waals surface area contributed by atoms with Crippen LogP contribution >= 0.6 is 0 Å². The van der Waals surface area contributed by atoms with Crippen LogP contribution in [0.4, 0.5) is 0 Å². The predicted octanol–water partition coefficient (Wildman–Crippen LogP) is 1.00. The lowest BCUT2D eigenvalue weighted by atomic mass is 9.99. The second-order valence-corrected chi connectivity index (χ2v) is 8.90. The molecule has 1 heterocycles. The van der Waals surface area contributed by atoms with E-state index in [9.17, 15) is 24.3 Å². The lowest BCUT2D eigenvalue weighted by Crippen LogP contribution is -2.48. The third kappa shape index (κ3) is 6.90. The van der Waals surface area contributed by atoms with Crippen LogP contribution in [0.3, 0.4) is 0 Å². The Balaban J connectivity index is 2.14. The number of amides is 4. The van der Waals surface area contributed by atoms with E-state index in [1.54, 1.807) is 24.9 Å². The molecular formula is C25H36N4O5. The summed E-state index contributed by atoms with van der Waals surface area (Å²) in [6.07, 6.45) is 3.47. The van der Waals surface area contributed by atoms with E-state index in [0.29, 0.717) is 31.4 Å². The third-order valence-corrected chi connectivity index (χ3v) is 6.14. The number of nitrogens with one attached hydrogen (secondary N) is 2. The lowest BCUT2D eigenvalue weighted by molar-refractivity contribution is -0.136. The fourth-order valence-electron chi connectivity index (χ4n) is 4.20. The summed E-state index contributed by atoms with van der Waals surface area (Å²) in [6, 6.07) is 7.68. The Morgan fingerprint density at radius 2 is 1.91 bits per heavy atom. The summed E-state index contributed by atoms with van der Waals surface area (Å²) < 4.78 is 0. The van der Waals surface area contributed by atoms with Gasteiger partial charge in [0, 0.05) is 19.2 Å². The van der Waals surface area contributed by atoms with Gasteiger partial charge in [-0.1, -0.05) is 50.3 Å². The van der Waals surface area contributed by atoms with Crippen LogP contribution in [0.25, 0.3) is 0 Å². The van der Waals surface area contributed by atoms with Gasteiger partial charge in [0.05, 0.1) is 25.2 Å². The van der Waals surface area contributed by atoms with Crippen LogP contribution in [0.2, 0.25) is 0 Å². The number of hydrogen-bond acceptors (Lipinski definition) is 5. The number of aliphatic hydroxyl groups excluding tert-OH is 1. The molecule has 4 amide bonds. The fourth-order valence-corrected chi connectivity index (χ4v) is 4.20. The maximum Gasteiger partial charge on any atom is 0.249 e. The molecule has 1 aromatic rings. The Morgan fingerprint density at radius 3 is 2.50 bits per heavy atom. The van der Waals surface area contributed by atoms with Gasteiger partial charge in [0.15, 0.2) is 0 Å². The van der Waals surface area contributed by atoms with Crippen LogP contribution in [0.5, 0.6) is 0 Å². The molecule has 1 unspecified atom stereocenters. The molecule has 9 heteroatoms. The Morgan fingerprint density at radius 1 is 1.24 bits per heavy atom. The average molecular weight is 473 g/mol. The van der Waals surface area contributed by atoms with Crippen molar-refractivity contribution in [3.05, 3.63) is 47.5 Å². The van der Waals surface area contributed by atoms with E-state index in [-0.39, 0.29) is 42.8 Å². The van der Waals surface area contributed by atoms with E-state index in [4.69, 9.17) is 0 Å². The standard InChI is InChI=1S/C25H36N4O5/c1-17(2)22(28(4)23(32)14-26-16-31)13-18(3)25(34)29-12-8-11-21(29)24(33)27-20(15-30)19-9-6-5-7-10-19/h5-7,9-10,13,16-17,20-22,30H,8,11-12,14-15H2,1-4H3,(H,26,31)(H,27,33)/t20-,21+,22?/m1/s1. The van der Waals surface area contributed by atoms with Gasteiger partial charge in [-0.05, 0) is 31.2 Å². The molecule has 3 atom stereocenters. The van der Waals surface area contributed by atoms with Gasteiger partial charge < -0.3 is 25.5 Å². The zero-order valence-corrected chi connectivity index (χ0v) is 20.4. The van der Waals surface area contributed by atoms with Crippen molar-refractivity contribution in [2.45, 2.75) is 51.7 Å². The molecule has 0 bridgehead atoms. The van der Waals surface area contributed by atoms with E-state index >= 15 is 0 Å². The van der Waals surface area contributed by atoms with E-state index in [2.05, 4.69) is 10.6 Å². The summed E-state index contributed by atoms with van der Waals surface area (Å²) in [5.74, 6) is -0.789. The van der Waals surface area contributed by atoms with E-state index in [1.807, 2.05) is 44.2 Å². The molecule has 0 spiro atoms. The van der Waals surface area contributed by atoms with Gasteiger partial charge in [-0.3, -0.25) is 19.2 Å². The van der Waals surface area contributed by atoms with Gasteiger partial charge in [0.1, 0.15) is 6.04 Å². The molecule has 186 valence electrons. The summed E-state index contributed by atoms with van der Waals surface area (Å²) in [7, 11) is 1.64. The minimum atomic E-state index is -0.623. The Labute approximate surface area is 201 Å². The topological polar surface area (TPSA) is 119 Å². The summed E-state index contributed by atoms with van der Waals surface area (Å²) >= 11 is 0. The number of carbonyl (C=O) groups is 4. The quantitative estimate of drug-likeness (QED) is 0.328. The number of hydrogen-bond donors (Lipinski definition) is 3. The SMILES string of the molecule is CC(=CC(C(C)C)N(C)C(=O)CNC=O)C(=O)N1CCC[C@H]1C(=O)N[C@H](CO)c1ccccc1. The fraction of sp³-hybridized carbons (Fsp3) is 0.520. The summed E-state index contributed by atoms with van der Waals surface area (Å²) in [4.78, 5) is 52.2. The van der Waals surface area contributed by atoms with Crippen LogP contribution in [0, 0.1) is 5.92 Å². The molecule has 0 saturated carbocycles. The number of rotatable bonds is 11. The average Bonchev–Trinajstić information content (AvgIpc) is 3.33. The number of aliphatic hydroxyl groups is 1. The first-order valence-electron chi connectivity index (χ1n) is 11.6. The second kappa shape index (κ2) is 12.9. The summed E-state index contributed by atoms with van der Waals surface area (Å²) in [6.45, 7) is 5.67. The first-order valence-corrected chi connectivity index (χ1v) is 11.6. The molecule has 1 fully saturated rings. The molecule has 9 nitrogen and oxygen atoms in total. The van der Waals surface area contributed by atoms with Crippen molar-refractivity contribution >= 4 is 24.1 Å². The van der Waals surface area contributed by atoms with Crippen molar-refractivity contribution in [1.82, 2.24) is 20.4 Å². The summed E-state index contributed by atoms with van der Waals surface area (Å²) in [5, 5.41) is 15.0. The normalized spacial score (nSPS) is 17.8. The van der Waals surface area contributed by atoms with Gasteiger partial charge in [-0.25, -0.2) is 0 Å². The van der Waals surface area contributed by atoms with E-state index in [0.717, 1.165) is 5.56 Å². The predicted molar refractivity (Wildman–Crippen MR) is 128 cm³/mol. The van der Waals surface area contributed by atoms with Crippen molar-refractivity contribution in [3.8, 4) is 0 Å². The molecule has 1 aliphatic rings. The second-order valence-electron chi connectivity index (χ2n) is 8.90. The monoisotopic (exact) mass is 472 g/mol. The van der Waals surface area contributed by atoms with Crippen LogP contribution in [0.1, 0.15) is 45.2 Å². The first kappa shape index (κ1) is 27.0. The van der Waals surface area contributed by atoms with E-state index in [1.165, 1.54) is 4.90 Å². The summed E-state index contributed by atoms with van der Waals surface area (Å²) in [5.41, 5.74) is 1.24. The zero-order valence-electron chi connectivity index (χ0n) is 20.4. The molecule has 2 rings (SSSR count). The smallest absolute Gasteiger partial charge is 0.249 e. The zero-order chi connectivity index (χ0) is 25.3. The minimum Gasteiger partial charge on any atom is -0.394 e. The number of likely N-dealkylation sites (N-methyl/N-ethyl adjacent to an activating group) is 1. The Kier molecular flexibility index (Phi) is 10.2. The van der Waals surface area contributed by atoms with Crippen LogP contribution < -0.4 is 10.6 Å². The van der Waals surface area contributed by atoms with Gasteiger partial charge in [-0.15, -0.1) is 0 Å². The molecular weight excluding hydrogens is 436 g/mol. The van der Waals surface area contributed by atoms with Crippen LogP contribution in [0.15, 0.2) is 42.0 Å². The Bertz CT molecular complexity index is 887. The third-order valence-electron chi connectivity index (χ3n) is 6.14. The number of carbonyl (C=O) groups excluding carboxylic acids is 4. The highest BCUT2D eigenvalue weighted by Crippen LogP contribution is 2.23. The van der Waals surface area contributed by atoms with Crippen LogP contribution in [-0.4, -0.2) is 77.9 Å². The van der Waals surface area contributed by atoms with Crippen molar-refractivity contribution < 1.29 is 24.3 Å². The molecule has 0 radical (unpaired) electrons. The van der Waals surface area contributed by atoms with Crippen molar-refractivity contribution in [1.29, 1.82) is 0 Å². The minimum absolute atomic E-state index is 0.0294. The molecule has 0 aromatic heterocycles. The molecule has 3 N–H and O–H groups in total. The largest absolute Gasteiger partial charge is 0.394 e. The maximum atomic E-state index is 13.3.